The molecule has 1 aliphatic heterocycles. The van der Waals surface area contributed by atoms with Gasteiger partial charge >= 0.3 is 0 Å². The van der Waals surface area contributed by atoms with E-state index in [1.807, 2.05) is 0 Å². The van der Waals surface area contributed by atoms with Crippen LogP contribution in [0, 0.1) is 5.92 Å². The lowest BCUT2D eigenvalue weighted by Crippen LogP contribution is -2.31. The van der Waals surface area contributed by atoms with Gasteiger partial charge in [0, 0.05) is 24.6 Å². The molecule has 2 atom stereocenters. The lowest BCUT2D eigenvalue weighted by Gasteiger charge is -2.32. The molecule has 2 nitrogen and oxygen atoms in total. The third-order valence-electron chi connectivity index (χ3n) is 3.62. The molecule has 0 saturated carbocycles. The molecule has 106 valence electrons. The van der Waals surface area contributed by atoms with E-state index < -0.39 is 6.43 Å². The van der Waals surface area contributed by atoms with E-state index in [-0.39, 0.29) is 11.7 Å². The summed E-state index contributed by atoms with van der Waals surface area (Å²) >= 11 is 0. The van der Waals surface area contributed by atoms with Crippen molar-refractivity contribution >= 4 is 0 Å². The summed E-state index contributed by atoms with van der Waals surface area (Å²) in [5.74, 6) is 0.422. The Balaban J connectivity index is 2.08. The van der Waals surface area contributed by atoms with E-state index in [0.717, 1.165) is 38.1 Å². The molecule has 0 amide bonds. The van der Waals surface area contributed by atoms with Crippen LogP contribution in [-0.4, -0.2) is 19.7 Å². The standard InChI is InChI=1S/C15H21F2NO/c1-2-18-10-13-4-3-9-19-14(13)11-5-7-12(8-6-11)15(16)17/h5-8,13-15,18H,2-4,9-10H2,1H3. The van der Waals surface area contributed by atoms with Crippen LogP contribution in [0.15, 0.2) is 24.3 Å². The third-order valence-corrected chi connectivity index (χ3v) is 3.62. The maximum absolute atomic E-state index is 12.5. The van der Waals surface area contributed by atoms with E-state index in [1.54, 1.807) is 12.1 Å². The Kier molecular flexibility index (Phi) is 5.28. The van der Waals surface area contributed by atoms with Crippen molar-refractivity contribution in [3.05, 3.63) is 35.4 Å². The Morgan fingerprint density at radius 1 is 1.32 bits per heavy atom. The van der Waals surface area contributed by atoms with Crippen LogP contribution in [0.25, 0.3) is 0 Å². The van der Waals surface area contributed by atoms with Gasteiger partial charge in [0.25, 0.3) is 6.43 Å². The van der Waals surface area contributed by atoms with Crippen molar-refractivity contribution in [3.63, 3.8) is 0 Å². The molecule has 1 aromatic carbocycles. The van der Waals surface area contributed by atoms with Gasteiger partial charge in [-0.2, -0.15) is 0 Å². The smallest absolute Gasteiger partial charge is 0.263 e. The summed E-state index contributed by atoms with van der Waals surface area (Å²) in [6.07, 6.45) is -0.186. The highest BCUT2D eigenvalue weighted by Gasteiger charge is 2.27. The molecule has 1 aliphatic rings. The fourth-order valence-electron chi connectivity index (χ4n) is 2.58. The minimum absolute atomic E-state index is 0.0273. The van der Waals surface area contributed by atoms with E-state index in [2.05, 4.69) is 12.2 Å². The molecule has 0 aromatic heterocycles. The van der Waals surface area contributed by atoms with E-state index in [4.69, 9.17) is 4.74 Å². The third kappa shape index (κ3) is 3.74. The van der Waals surface area contributed by atoms with Crippen molar-refractivity contribution in [2.75, 3.05) is 19.7 Å². The molecule has 0 radical (unpaired) electrons. The highest BCUT2D eigenvalue weighted by atomic mass is 19.3. The number of hydrogen-bond acceptors (Lipinski definition) is 2. The quantitative estimate of drug-likeness (QED) is 0.880. The lowest BCUT2D eigenvalue weighted by atomic mass is 9.89. The number of halogens is 2. The monoisotopic (exact) mass is 269 g/mol. The Morgan fingerprint density at radius 2 is 2.05 bits per heavy atom. The summed E-state index contributed by atoms with van der Waals surface area (Å²) in [5, 5.41) is 3.35. The summed E-state index contributed by atoms with van der Waals surface area (Å²) in [4.78, 5) is 0. The normalized spacial score (nSPS) is 23.8. The zero-order valence-electron chi connectivity index (χ0n) is 11.2. The van der Waals surface area contributed by atoms with Crippen molar-refractivity contribution in [2.45, 2.75) is 32.3 Å². The van der Waals surface area contributed by atoms with Crippen LogP contribution >= 0.6 is 0 Å². The molecular formula is C15H21F2NO. The van der Waals surface area contributed by atoms with E-state index >= 15 is 0 Å². The first-order chi connectivity index (χ1) is 9.22. The fraction of sp³-hybridized carbons (Fsp3) is 0.600. The van der Waals surface area contributed by atoms with Gasteiger partial charge in [0.05, 0.1) is 6.10 Å². The summed E-state index contributed by atoms with van der Waals surface area (Å²) in [6, 6.07) is 6.55. The van der Waals surface area contributed by atoms with Gasteiger partial charge in [0.15, 0.2) is 0 Å². The van der Waals surface area contributed by atoms with Gasteiger partial charge in [-0.05, 0) is 24.9 Å². The average molecular weight is 269 g/mol. The van der Waals surface area contributed by atoms with Crippen molar-refractivity contribution in [2.24, 2.45) is 5.92 Å². The van der Waals surface area contributed by atoms with Crippen LogP contribution in [0.4, 0.5) is 8.78 Å². The molecule has 19 heavy (non-hydrogen) atoms. The molecule has 0 bridgehead atoms. The van der Waals surface area contributed by atoms with E-state index in [0.29, 0.717) is 5.92 Å². The second-order valence-corrected chi connectivity index (χ2v) is 4.97. The number of nitrogens with one attached hydrogen (secondary N) is 1. The molecule has 0 aliphatic carbocycles. The van der Waals surface area contributed by atoms with Gasteiger partial charge in [-0.3, -0.25) is 0 Å². The lowest BCUT2D eigenvalue weighted by molar-refractivity contribution is -0.0276. The first-order valence-corrected chi connectivity index (χ1v) is 6.92. The summed E-state index contributed by atoms with van der Waals surface area (Å²) < 4.78 is 30.9. The molecule has 2 rings (SSSR count). The zero-order chi connectivity index (χ0) is 13.7. The molecule has 1 fully saturated rings. The molecule has 1 heterocycles. The number of rotatable bonds is 5. The predicted octanol–water partition coefficient (Wildman–Crippen LogP) is 3.70. The Labute approximate surface area is 113 Å². The molecule has 0 spiro atoms. The summed E-state index contributed by atoms with van der Waals surface area (Å²) in [5.41, 5.74) is 1.08. The van der Waals surface area contributed by atoms with Crippen LogP contribution in [0.1, 0.15) is 43.4 Å². The first kappa shape index (κ1) is 14.4. The van der Waals surface area contributed by atoms with Crippen LogP contribution in [-0.2, 0) is 4.74 Å². The number of hydrogen-bond donors (Lipinski definition) is 1. The molecule has 1 N–H and O–H groups in total. The second-order valence-electron chi connectivity index (χ2n) is 4.97. The van der Waals surface area contributed by atoms with Gasteiger partial charge in [0.2, 0.25) is 0 Å². The van der Waals surface area contributed by atoms with Gasteiger partial charge in [0.1, 0.15) is 0 Å². The second kappa shape index (κ2) is 6.96. The van der Waals surface area contributed by atoms with Crippen LogP contribution < -0.4 is 5.32 Å². The molecule has 1 saturated heterocycles. The first-order valence-electron chi connectivity index (χ1n) is 6.92. The fourth-order valence-corrected chi connectivity index (χ4v) is 2.58. The Bertz CT molecular complexity index is 380. The topological polar surface area (TPSA) is 21.3 Å². The Morgan fingerprint density at radius 3 is 2.68 bits per heavy atom. The van der Waals surface area contributed by atoms with Crippen LogP contribution in [0.3, 0.4) is 0 Å². The van der Waals surface area contributed by atoms with Crippen molar-refractivity contribution < 1.29 is 13.5 Å². The van der Waals surface area contributed by atoms with Crippen molar-refractivity contribution in [1.82, 2.24) is 5.32 Å². The van der Waals surface area contributed by atoms with Gasteiger partial charge < -0.3 is 10.1 Å². The summed E-state index contributed by atoms with van der Waals surface area (Å²) in [6.45, 7) is 4.69. The van der Waals surface area contributed by atoms with Gasteiger partial charge in [-0.15, -0.1) is 0 Å². The SMILES string of the molecule is CCNCC1CCCOC1c1ccc(C(F)F)cc1. The van der Waals surface area contributed by atoms with Crippen molar-refractivity contribution in [1.29, 1.82) is 0 Å². The molecular weight excluding hydrogens is 248 g/mol. The molecule has 2 unspecified atom stereocenters. The Hall–Kier alpha value is -1.00. The predicted molar refractivity (Wildman–Crippen MR) is 71.4 cm³/mol. The minimum Gasteiger partial charge on any atom is -0.373 e. The maximum Gasteiger partial charge on any atom is 0.263 e. The molecule has 1 aromatic rings. The average Bonchev–Trinajstić information content (AvgIpc) is 2.45. The number of ether oxygens (including phenoxy) is 1. The summed E-state index contributed by atoms with van der Waals surface area (Å²) in [7, 11) is 0. The zero-order valence-corrected chi connectivity index (χ0v) is 11.2. The molecule has 4 heteroatoms. The number of alkyl halides is 2. The van der Waals surface area contributed by atoms with E-state index in [9.17, 15) is 8.78 Å². The van der Waals surface area contributed by atoms with E-state index in [1.165, 1.54) is 12.1 Å². The van der Waals surface area contributed by atoms with Crippen LogP contribution in [0.2, 0.25) is 0 Å². The van der Waals surface area contributed by atoms with Gasteiger partial charge in [-0.1, -0.05) is 31.2 Å². The van der Waals surface area contributed by atoms with Crippen LogP contribution in [0.5, 0.6) is 0 Å². The minimum atomic E-state index is -2.40. The highest BCUT2D eigenvalue weighted by Crippen LogP contribution is 2.34. The number of benzene rings is 1. The van der Waals surface area contributed by atoms with Crippen molar-refractivity contribution in [3.8, 4) is 0 Å². The van der Waals surface area contributed by atoms with Gasteiger partial charge in [-0.25, -0.2) is 8.78 Å². The highest BCUT2D eigenvalue weighted by molar-refractivity contribution is 5.25. The largest absolute Gasteiger partial charge is 0.373 e. The maximum atomic E-state index is 12.5.